The summed E-state index contributed by atoms with van der Waals surface area (Å²) in [5.41, 5.74) is 8.38. The van der Waals surface area contributed by atoms with Gasteiger partial charge in [-0.1, -0.05) is 6.07 Å². The molecule has 6 heteroatoms. The first-order valence-electron chi connectivity index (χ1n) is 8.48. The Balaban J connectivity index is 1.92. The molecule has 1 saturated heterocycles. The molecule has 0 radical (unpaired) electrons. The lowest BCUT2D eigenvalue weighted by Gasteiger charge is -2.30. The lowest BCUT2D eigenvalue weighted by molar-refractivity contribution is 0.0995. The second kappa shape index (κ2) is 7.34. The van der Waals surface area contributed by atoms with Gasteiger partial charge in [-0.05, 0) is 56.5 Å². The summed E-state index contributed by atoms with van der Waals surface area (Å²) in [5.74, 6) is -0.821. The summed E-state index contributed by atoms with van der Waals surface area (Å²) in [5, 5.41) is 2.90. The number of hydrogen-bond donors (Lipinski definition) is 2. The van der Waals surface area contributed by atoms with Gasteiger partial charge in [0.05, 0.1) is 11.4 Å². The maximum Gasteiger partial charge on any atom is 0.274 e. The number of rotatable bonds is 4. The van der Waals surface area contributed by atoms with E-state index in [-0.39, 0.29) is 5.91 Å². The first kappa shape index (κ1) is 17.0. The molecule has 2 amide bonds. The van der Waals surface area contributed by atoms with Crippen molar-refractivity contribution < 1.29 is 9.59 Å². The third-order valence-corrected chi connectivity index (χ3v) is 4.35. The fourth-order valence-electron chi connectivity index (χ4n) is 3.06. The largest absolute Gasteiger partial charge is 0.370 e. The summed E-state index contributed by atoms with van der Waals surface area (Å²) in [4.78, 5) is 30.6. The van der Waals surface area contributed by atoms with Crippen LogP contribution in [0.4, 0.5) is 11.4 Å². The lowest BCUT2D eigenvalue weighted by atomic mass is 10.1. The molecule has 1 aliphatic rings. The van der Waals surface area contributed by atoms with Crippen molar-refractivity contribution >= 4 is 23.2 Å². The normalized spacial score (nSPS) is 14.2. The van der Waals surface area contributed by atoms with Crippen molar-refractivity contribution in [2.24, 2.45) is 5.73 Å². The number of hydrogen-bond acceptors (Lipinski definition) is 4. The van der Waals surface area contributed by atoms with Crippen molar-refractivity contribution in [3.63, 3.8) is 0 Å². The Bertz CT molecular complexity index is 798. The molecule has 1 aromatic heterocycles. The van der Waals surface area contributed by atoms with Gasteiger partial charge < -0.3 is 16.0 Å². The molecule has 1 fully saturated rings. The number of amides is 2. The Morgan fingerprint density at radius 1 is 1.12 bits per heavy atom. The third-order valence-electron chi connectivity index (χ3n) is 4.35. The minimum atomic E-state index is -0.519. The molecule has 0 unspecified atom stereocenters. The molecule has 25 heavy (non-hydrogen) atoms. The smallest absolute Gasteiger partial charge is 0.274 e. The topological polar surface area (TPSA) is 88.3 Å². The van der Waals surface area contributed by atoms with Crippen molar-refractivity contribution in [1.29, 1.82) is 0 Å². The number of nitrogens with one attached hydrogen (secondary N) is 1. The summed E-state index contributed by atoms with van der Waals surface area (Å²) in [7, 11) is 0. The molecular formula is C19H22N4O2. The Hall–Kier alpha value is -2.89. The van der Waals surface area contributed by atoms with E-state index in [0.717, 1.165) is 37.3 Å². The van der Waals surface area contributed by atoms with E-state index < -0.39 is 5.91 Å². The zero-order valence-electron chi connectivity index (χ0n) is 14.3. The number of primary amides is 1. The molecule has 2 heterocycles. The number of carbonyl (C=O) groups excluding carboxylic acids is 2. The molecule has 0 bridgehead atoms. The Labute approximate surface area is 147 Å². The highest BCUT2D eigenvalue weighted by Crippen LogP contribution is 2.30. The van der Waals surface area contributed by atoms with Crippen LogP contribution in [0.15, 0.2) is 36.4 Å². The quantitative estimate of drug-likeness (QED) is 0.897. The maximum absolute atomic E-state index is 12.6. The molecule has 3 rings (SSSR count). The summed E-state index contributed by atoms with van der Waals surface area (Å²) in [6.07, 6.45) is 3.44. The van der Waals surface area contributed by atoms with Gasteiger partial charge in [0.2, 0.25) is 5.91 Å². The van der Waals surface area contributed by atoms with E-state index in [4.69, 9.17) is 5.73 Å². The lowest BCUT2D eigenvalue weighted by Crippen LogP contribution is -2.30. The van der Waals surface area contributed by atoms with Crippen molar-refractivity contribution in [2.45, 2.75) is 26.2 Å². The number of benzene rings is 1. The standard InChI is InChI=1S/C19H22N4O2/c1-13-6-5-7-15(21-13)19(25)22-16-12-14(18(20)24)8-9-17(16)23-10-3-2-4-11-23/h5-9,12H,2-4,10-11H2,1H3,(H2,20,24)(H,22,25). The third kappa shape index (κ3) is 3.96. The maximum atomic E-state index is 12.6. The number of nitrogens with zero attached hydrogens (tertiary/aromatic N) is 2. The van der Waals surface area contributed by atoms with E-state index in [1.165, 1.54) is 6.42 Å². The van der Waals surface area contributed by atoms with Crippen LogP contribution < -0.4 is 16.0 Å². The molecule has 0 aliphatic carbocycles. The molecule has 6 nitrogen and oxygen atoms in total. The Morgan fingerprint density at radius 3 is 2.56 bits per heavy atom. The van der Waals surface area contributed by atoms with E-state index in [9.17, 15) is 9.59 Å². The van der Waals surface area contributed by atoms with Crippen LogP contribution in [0.2, 0.25) is 0 Å². The summed E-state index contributed by atoms with van der Waals surface area (Å²) in [6.45, 7) is 3.70. The average Bonchev–Trinajstić information content (AvgIpc) is 2.62. The zero-order chi connectivity index (χ0) is 17.8. The van der Waals surface area contributed by atoms with Crippen LogP contribution in [-0.4, -0.2) is 29.9 Å². The number of aromatic nitrogens is 1. The number of carbonyl (C=O) groups is 2. The molecule has 0 saturated carbocycles. The number of piperidine rings is 1. The minimum absolute atomic E-state index is 0.302. The van der Waals surface area contributed by atoms with Crippen molar-refractivity contribution in [3.05, 3.63) is 53.3 Å². The van der Waals surface area contributed by atoms with Crippen LogP contribution in [0.25, 0.3) is 0 Å². The monoisotopic (exact) mass is 338 g/mol. The predicted octanol–water partition coefficient (Wildman–Crippen LogP) is 2.73. The van der Waals surface area contributed by atoms with Gasteiger partial charge in [-0.3, -0.25) is 9.59 Å². The van der Waals surface area contributed by atoms with E-state index >= 15 is 0 Å². The Kier molecular flexibility index (Phi) is 4.97. The molecule has 0 spiro atoms. The molecule has 1 aliphatic heterocycles. The van der Waals surface area contributed by atoms with E-state index in [2.05, 4.69) is 15.2 Å². The van der Waals surface area contributed by atoms with E-state index in [1.807, 2.05) is 19.1 Å². The number of aryl methyl sites for hydroxylation is 1. The zero-order valence-corrected chi connectivity index (χ0v) is 14.3. The molecule has 3 N–H and O–H groups in total. The highest BCUT2D eigenvalue weighted by Gasteiger charge is 2.18. The first-order chi connectivity index (χ1) is 12.0. The molecular weight excluding hydrogens is 316 g/mol. The van der Waals surface area contributed by atoms with Crippen LogP contribution in [0, 0.1) is 6.92 Å². The highest BCUT2D eigenvalue weighted by molar-refractivity contribution is 6.06. The second-order valence-corrected chi connectivity index (χ2v) is 6.26. The second-order valence-electron chi connectivity index (χ2n) is 6.26. The minimum Gasteiger partial charge on any atom is -0.370 e. The van der Waals surface area contributed by atoms with Gasteiger partial charge in [-0.2, -0.15) is 0 Å². The van der Waals surface area contributed by atoms with Gasteiger partial charge in [0, 0.05) is 24.3 Å². The fourth-order valence-corrected chi connectivity index (χ4v) is 3.06. The van der Waals surface area contributed by atoms with Crippen molar-refractivity contribution in [2.75, 3.05) is 23.3 Å². The van der Waals surface area contributed by atoms with Crippen LogP contribution in [0.5, 0.6) is 0 Å². The van der Waals surface area contributed by atoms with Gasteiger partial charge in [0.25, 0.3) is 5.91 Å². The van der Waals surface area contributed by atoms with Gasteiger partial charge in [0.1, 0.15) is 5.69 Å². The fraction of sp³-hybridized carbons (Fsp3) is 0.316. The van der Waals surface area contributed by atoms with E-state index in [0.29, 0.717) is 16.9 Å². The average molecular weight is 338 g/mol. The van der Waals surface area contributed by atoms with Crippen LogP contribution in [0.3, 0.4) is 0 Å². The summed E-state index contributed by atoms with van der Waals surface area (Å²) in [6, 6.07) is 10.5. The summed E-state index contributed by atoms with van der Waals surface area (Å²) >= 11 is 0. The van der Waals surface area contributed by atoms with Crippen LogP contribution in [-0.2, 0) is 0 Å². The molecule has 2 aromatic rings. The SMILES string of the molecule is Cc1cccc(C(=O)Nc2cc(C(N)=O)ccc2N2CCCCC2)n1. The number of nitrogens with two attached hydrogens (primary N) is 1. The summed E-state index contributed by atoms with van der Waals surface area (Å²) < 4.78 is 0. The van der Waals surface area contributed by atoms with Crippen molar-refractivity contribution in [1.82, 2.24) is 4.98 Å². The highest BCUT2D eigenvalue weighted by atomic mass is 16.2. The number of pyridine rings is 1. The van der Waals surface area contributed by atoms with Crippen molar-refractivity contribution in [3.8, 4) is 0 Å². The Morgan fingerprint density at radius 2 is 1.88 bits per heavy atom. The van der Waals surface area contributed by atoms with Gasteiger partial charge in [-0.15, -0.1) is 0 Å². The molecule has 1 aromatic carbocycles. The van der Waals surface area contributed by atoms with E-state index in [1.54, 1.807) is 24.3 Å². The van der Waals surface area contributed by atoms with Gasteiger partial charge in [0.15, 0.2) is 0 Å². The molecule has 130 valence electrons. The van der Waals surface area contributed by atoms with Crippen LogP contribution in [0.1, 0.15) is 45.8 Å². The van der Waals surface area contributed by atoms with Crippen LogP contribution >= 0.6 is 0 Å². The molecule has 0 atom stereocenters. The predicted molar refractivity (Wildman–Crippen MR) is 98.0 cm³/mol. The number of anilines is 2. The van der Waals surface area contributed by atoms with Gasteiger partial charge >= 0.3 is 0 Å². The van der Waals surface area contributed by atoms with Gasteiger partial charge in [-0.25, -0.2) is 4.98 Å². The first-order valence-corrected chi connectivity index (χ1v) is 8.48.